The van der Waals surface area contributed by atoms with Gasteiger partial charge in [0.2, 0.25) is 0 Å². The lowest BCUT2D eigenvalue weighted by atomic mass is 9.68. The Morgan fingerprint density at radius 3 is 1.75 bits per heavy atom. The molecule has 2 aromatic carbocycles. The predicted molar refractivity (Wildman–Crippen MR) is 138 cm³/mol. The standard InChI is InChI=1S/C29H43BO2/c1-3-5-7-9-11-15-21-29(22-16-12-10-8-6-4-2)27-18-14-13-17-25(27)26-20-19-24(30(31)32)23-28(26)29/h13-14,17-20,23,31-32H,3-12,15-16,21-22H2,1-2H3. The quantitative estimate of drug-likeness (QED) is 0.231. The predicted octanol–water partition coefficient (Wildman–Crippen LogP) is 7.13. The van der Waals surface area contributed by atoms with Crippen molar-refractivity contribution in [2.45, 2.75) is 109 Å². The average Bonchev–Trinajstić information content (AvgIpc) is 3.08. The van der Waals surface area contributed by atoms with Crippen LogP contribution in [0.1, 0.15) is 115 Å². The first-order chi connectivity index (χ1) is 15.6. The highest BCUT2D eigenvalue weighted by atomic mass is 16.4. The number of fused-ring (bicyclic) bond motifs is 3. The zero-order valence-corrected chi connectivity index (χ0v) is 20.4. The fourth-order valence-corrected chi connectivity index (χ4v) is 5.71. The lowest BCUT2D eigenvalue weighted by Gasteiger charge is -2.33. The molecule has 2 nitrogen and oxygen atoms in total. The molecular formula is C29H43BO2. The van der Waals surface area contributed by atoms with Gasteiger partial charge in [0, 0.05) is 5.41 Å². The van der Waals surface area contributed by atoms with E-state index < -0.39 is 7.12 Å². The molecule has 0 aliphatic heterocycles. The van der Waals surface area contributed by atoms with Gasteiger partial charge in [-0.3, -0.25) is 0 Å². The molecule has 0 aromatic heterocycles. The van der Waals surface area contributed by atoms with E-state index in [0.717, 1.165) is 12.8 Å². The normalized spacial score (nSPS) is 13.8. The van der Waals surface area contributed by atoms with Crippen LogP contribution in [0.15, 0.2) is 42.5 Å². The first kappa shape index (κ1) is 25.1. The van der Waals surface area contributed by atoms with Gasteiger partial charge >= 0.3 is 7.12 Å². The Hall–Kier alpha value is -1.58. The highest BCUT2D eigenvalue weighted by Gasteiger charge is 2.42. The Balaban J connectivity index is 1.86. The fourth-order valence-electron chi connectivity index (χ4n) is 5.71. The van der Waals surface area contributed by atoms with Crippen LogP contribution < -0.4 is 5.46 Å². The molecule has 1 aliphatic carbocycles. The third kappa shape index (κ3) is 5.86. The molecule has 0 amide bonds. The van der Waals surface area contributed by atoms with E-state index in [-0.39, 0.29) is 5.41 Å². The minimum absolute atomic E-state index is 0.00629. The second kappa shape index (κ2) is 12.6. The van der Waals surface area contributed by atoms with Crippen LogP contribution in [-0.2, 0) is 5.41 Å². The van der Waals surface area contributed by atoms with E-state index in [4.69, 9.17) is 0 Å². The van der Waals surface area contributed by atoms with E-state index in [1.807, 2.05) is 6.07 Å². The molecule has 0 radical (unpaired) electrons. The Bertz CT molecular complexity index is 814. The highest BCUT2D eigenvalue weighted by molar-refractivity contribution is 6.58. The average molecular weight is 434 g/mol. The van der Waals surface area contributed by atoms with Crippen molar-refractivity contribution >= 4 is 12.6 Å². The first-order valence-electron chi connectivity index (χ1n) is 13.2. The fraction of sp³-hybridized carbons (Fsp3) is 0.586. The van der Waals surface area contributed by atoms with E-state index in [2.05, 4.69) is 50.2 Å². The molecule has 0 bridgehead atoms. The molecule has 2 N–H and O–H groups in total. The monoisotopic (exact) mass is 434 g/mol. The van der Waals surface area contributed by atoms with Crippen LogP contribution in [0.4, 0.5) is 0 Å². The van der Waals surface area contributed by atoms with Crippen molar-refractivity contribution in [2.24, 2.45) is 0 Å². The molecule has 0 atom stereocenters. The molecule has 3 rings (SSSR count). The van der Waals surface area contributed by atoms with Gasteiger partial charge in [0.05, 0.1) is 0 Å². The first-order valence-corrected chi connectivity index (χ1v) is 13.2. The Kier molecular flexibility index (Phi) is 9.87. The van der Waals surface area contributed by atoms with Gasteiger partial charge in [-0.1, -0.05) is 133 Å². The lowest BCUT2D eigenvalue weighted by Crippen LogP contribution is -2.32. The number of hydrogen-bond donors (Lipinski definition) is 2. The Morgan fingerprint density at radius 1 is 0.625 bits per heavy atom. The maximum atomic E-state index is 9.89. The summed E-state index contributed by atoms with van der Waals surface area (Å²) in [4.78, 5) is 0. The largest absolute Gasteiger partial charge is 0.488 e. The third-order valence-electron chi connectivity index (χ3n) is 7.50. The maximum Gasteiger partial charge on any atom is 0.488 e. The summed E-state index contributed by atoms with van der Waals surface area (Å²) in [5.74, 6) is 0. The molecule has 0 saturated heterocycles. The molecule has 2 aromatic rings. The summed E-state index contributed by atoms with van der Waals surface area (Å²) in [5, 5.41) is 19.8. The summed E-state index contributed by atoms with van der Waals surface area (Å²) >= 11 is 0. The zero-order valence-electron chi connectivity index (χ0n) is 20.4. The van der Waals surface area contributed by atoms with E-state index >= 15 is 0 Å². The minimum Gasteiger partial charge on any atom is -0.423 e. The number of hydrogen-bond acceptors (Lipinski definition) is 2. The molecule has 0 saturated carbocycles. The summed E-state index contributed by atoms with van der Waals surface area (Å²) in [6.45, 7) is 4.55. The van der Waals surface area contributed by atoms with E-state index in [0.29, 0.717) is 5.46 Å². The van der Waals surface area contributed by atoms with Crippen LogP contribution in [0.2, 0.25) is 0 Å². The Morgan fingerprint density at radius 2 is 1.16 bits per heavy atom. The van der Waals surface area contributed by atoms with Crippen molar-refractivity contribution in [3.05, 3.63) is 53.6 Å². The van der Waals surface area contributed by atoms with Gasteiger partial charge in [-0.2, -0.15) is 0 Å². The number of unbranched alkanes of at least 4 members (excludes halogenated alkanes) is 10. The summed E-state index contributed by atoms with van der Waals surface area (Å²) in [7, 11) is -1.41. The topological polar surface area (TPSA) is 40.5 Å². The number of rotatable bonds is 15. The van der Waals surface area contributed by atoms with Crippen molar-refractivity contribution in [1.82, 2.24) is 0 Å². The second-order valence-corrected chi connectivity index (χ2v) is 9.84. The second-order valence-electron chi connectivity index (χ2n) is 9.84. The highest BCUT2D eigenvalue weighted by Crippen LogP contribution is 2.53. The van der Waals surface area contributed by atoms with Crippen molar-refractivity contribution in [3.63, 3.8) is 0 Å². The van der Waals surface area contributed by atoms with E-state index in [1.54, 1.807) is 0 Å². The zero-order chi connectivity index (χ0) is 22.8. The van der Waals surface area contributed by atoms with Crippen LogP contribution in [-0.4, -0.2) is 17.2 Å². The van der Waals surface area contributed by atoms with Crippen molar-refractivity contribution in [1.29, 1.82) is 0 Å². The van der Waals surface area contributed by atoms with Crippen LogP contribution in [0, 0.1) is 0 Å². The molecule has 0 fully saturated rings. The third-order valence-corrected chi connectivity index (χ3v) is 7.50. The van der Waals surface area contributed by atoms with Crippen LogP contribution in [0.3, 0.4) is 0 Å². The van der Waals surface area contributed by atoms with Gasteiger partial charge in [-0.05, 0) is 40.6 Å². The van der Waals surface area contributed by atoms with Crippen LogP contribution in [0.5, 0.6) is 0 Å². The molecule has 1 aliphatic rings. The molecule has 32 heavy (non-hydrogen) atoms. The maximum absolute atomic E-state index is 9.89. The van der Waals surface area contributed by atoms with Crippen LogP contribution in [0.25, 0.3) is 11.1 Å². The summed E-state index contributed by atoms with van der Waals surface area (Å²) in [6.07, 6.45) is 17.9. The van der Waals surface area contributed by atoms with Gasteiger partial charge in [0.15, 0.2) is 0 Å². The molecule has 174 valence electrons. The lowest BCUT2D eigenvalue weighted by molar-refractivity contribution is 0.397. The van der Waals surface area contributed by atoms with Gasteiger partial charge in [0.25, 0.3) is 0 Å². The molecule has 0 heterocycles. The van der Waals surface area contributed by atoms with Crippen molar-refractivity contribution < 1.29 is 10.0 Å². The SMILES string of the molecule is CCCCCCCCC1(CCCCCCCC)c2ccccc2-c2ccc(B(O)O)cc21. The molecule has 0 unspecified atom stereocenters. The van der Waals surface area contributed by atoms with Gasteiger partial charge in [0.1, 0.15) is 0 Å². The molecule has 0 spiro atoms. The number of benzene rings is 2. The molecular weight excluding hydrogens is 391 g/mol. The minimum atomic E-state index is -1.41. The summed E-state index contributed by atoms with van der Waals surface area (Å²) in [6, 6.07) is 15.0. The smallest absolute Gasteiger partial charge is 0.423 e. The van der Waals surface area contributed by atoms with E-state index in [9.17, 15) is 10.0 Å². The van der Waals surface area contributed by atoms with Gasteiger partial charge in [-0.25, -0.2) is 0 Å². The van der Waals surface area contributed by atoms with Gasteiger partial charge in [-0.15, -0.1) is 0 Å². The van der Waals surface area contributed by atoms with Crippen LogP contribution >= 0.6 is 0 Å². The van der Waals surface area contributed by atoms with Gasteiger partial charge < -0.3 is 10.0 Å². The van der Waals surface area contributed by atoms with Crippen molar-refractivity contribution in [3.8, 4) is 11.1 Å². The Labute approximate surface area is 196 Å². The molecule has 3 heteroatoms. The van der Waals surface area contributed by atoms with Crippen molar-refractivity contribution in [2.75, 3.05) is 0 Å². The summed E-state index contributed by atoms with van der Waals surface area (Å²) in [5.41, 5.74) is 6.05. The van der Waals surface area contributed by atoms with E-state index in [1.165, 1.54) is 99.3 Å². The summed E-state index contributed by atoms with van der Waals surface area (Å²) < 4.78 is 0.